The summed E-state index contributed by atoms with van der Waals surface area (Å²) in [4.78, 5) is 42.3. The molecule has 1 heterocycles. The fraction of sp³-hybridized carbons (Fsp3) is 0.565. The average molecular weight is 396 g/mol. The van der Waals surface area contributed by atoms with Gasteiger partial charge >= 0.3 is 0 Å². The third kappa shape index (κ3) is 3.13. The van der Waals surface area contributed by atoms with Gasteiger partial charge in [-0.3, -0.25) is 14.4 Å². The van der Waals surface area contributed by atoms with Gasteiger partial charge in [0.05, 0.1) is 23.7 Å². The summed E-state index contributed by atoms with van der Waals surface area (Å²) in [6.07, 6.45) is 0.691. The van der Waals surface area contributed by atoms with Crippen LogP contribution in [0.4, 0.5) is 5.69 Å². The molecule has 1 saturated heterocycles. The first-order chi connectivity index (χ1) is 13.5. The van der Waals surface area contributed by atoms with Crippen LogP contribution in [0.3, 0.4) is 0 Å². The van der Waals surface area contributed by atoms with Gasteiger partial charge in [0.2, 0.25) is 11.8 Å². The highest BCUT2D eigenvalue weighted by atomic mass is 16.2. The molecule has 1 aromatic carbocycles. The molecule has 1 aliphatic heterocycles. The summed E-state index contributed by atoms with van der Waals surface area (Å²) in [5.74, 6) is -0.900. The number of carbonyl (C=O) groups excluding carboxylic acids is 3. The maximum atomic E-state index is 13.5. The van der Waals surface area contributed by atoms with Gasteiger partial charge in [-0.15, -0.1) is 0 Å². The Morgan fingerprint density at radius 1 is 1.21 bits per heavy atom. The molecular formula is C23H29N3O3. The number of benzene rings is 1. The van der Waals surface area contributed by atoms with Crippen molar-refractivity contribution >= 4 is 23.4 Å². The van der Waals surface area contributed by atoms with Crippen molar-refractivity contribution < 1.29 is 14.4 Å². The molecule has 2 atom stereocenters. The van der Waals surface area contributed by atoms with Gasteiger partial charge < -0.3 is 4.90 Å². The first-order valence-corrected chi connectivity index (χ1v) is 10.2. The first kappa shape index (κ1) is 21.0. The standard InChI is InChI=1S/C23H29N3O3/c1-7-14(2)25(21(29)19-22(3,4)23(19,5)6)17-12-18(27)26(20(17)28)16-10-8-15(13-24)9-11-16/h8-11,14,17,19H,7,12H2,1-6H3. The largest absolute Gasteiger partial charge is 0.327 e. The van der Waals surface area contributed by atoms with Crippen molar-refractivity contribution in [3.63, 3.8) is 0 Å². The Morgan fingerprint density at radius 2 is 1.76 bits per heavy atom. The molecule has 0 radical (unpaired) electrons. The van der Waals surface area contributed by atoms with E-state index in [-0.39, 0.29) is 46.9 Å². The zero-order valence-electron chi connectivity index (χ0n) is 18.0. The van der Waals surface area contributed by atoms with Crippen molar-refractivity contribution in [3.8, 4) is 6.07 Å². The minimum absolute atomic E-state index is 0.0114. The zero-order chi connectivity index (χ0) is 21.7. The summed E-state index contributed by atoms with van der Waals surface area (Å²) in [6, 6.07) is 7.45. The van der Waals surface area contributed by atoms with Crippen LogP contribution in [-0.4, -0.2) is 34.7 Å². The summed E-state index contributed by atoms with van der Waals surface area (Å²) >= 11 is 0. The van der Waals surface area contributed by atoms with E-state index < -0.39 is 6.04 Å². The number of carbonyl (C=O) groups is 3. The lowest BCUT2D eigenvalue weighted by molar-refractivity contribution is -0.143. The van der Waals surface area contributed by atoms with Crippen LogP contribution in [0.15, 0.2) is 24.3 Å². The van der Waals surface area contributed by atoms with E-state index in [9.17, 15) is 14.4 Å². The van der Waals surface area contributed by atoms with Gasteiger partial charge in [0.25, 0.3) is 5.91 Å². The Balaban J connectivity index is 1.92. The second-order valence-corrected chi connectivity index (χ2v) is 9.33. The van der Waals surface area contributed by atoms with Crippen LogP contribution in [0.5, 0.6) is 0 Å². The first-order valence-electron chi connectivity index (χ1n) is 10.2. The van der Waals surface area contributed by atoms with E-state index in [0.717, 1.165) is 4.90 Å². The summed E-state index contributed by atoms with van der Waals surface area (Å²) in [6.45, 7) is 12.2. The molecule has 1 aliphatic carbocycles. The number of nitrogens with zero attached hydrogens (tertiary/aromatic N) is 3. The van der Waals surface area contributed by atoms with Gasteiger partial charge in [0.15, 0.2) is 0 Å². The molecule has 2 aliphatic rings. The molecule has 3 rings (SSSR count). The fourth-order valence-corrected chi connectivity index (χ4v) is 4.63. The lowest BCUT2D eigenvalue weighted by atomic mass is 10.0. The molecule has 3 amide bonds. The maximum absolute atomic E-state index is 13.5. The van der Waals surface area contributed by atoms with Crippen molar-refractivity contribution in [2.45, 2.75) is 66.5 Å². The van der Waals surface area contributed by atoms with E-state index in [2.05, 4.69) is 27.7 Å². The number of rotatable bonds is 5. The van der Waals surface area contributed by atoms with Gasteiger partial charge in [-0.25, -0.2) is 4.90 Å². The van der Waals surface area contributed by atoms with Crippen molar-refractivity contribution in [1.82, 2.24) is 4.90 Å². The minimum atomic E-state index is -0.784. The third-order valence-electron chi connectivity index (χ3n) is 7.30. The van der Waals surface area contributed by atoms with Crippen LogP contribution in [0, 0.1) is 28.1 Å². The molecular weight excluding hydrogens is 366 g/mol. The van der Waals surface area contributed by atoms with E-state index in [1.165, 1.54) is 0 Å². The number of anilines is 1. The summed E-state index contributed by atoms with van der Waals surface area (Å²) in [5, 5.41) is 8.96. The minimum Gasteiger partial charge on any atom is -0.327 e. The molecule has 6 nitrogen and oxygen atoms in total. The summed E-state index contributed by atoms with van der Waals surface area (Å²) < 4.78 is 0. The number of hydrogen-bond donors (Lipinski definition) is 0. The molecule has 0 N–H and O–H groups in total. The SMILES string of the molecule is CCC(C)N(C(=O)C1C(C)(C)C1(C)C)C1CC(=O)N(c2ccc(C#N)cc2)C1=O. The molecule has 154 valence electrons. The van der Waals surface area contributed by atoms with Gasteiger partial charge in [-0.1, -0.05) is 34.6 Å². The van der Waals surface area contributed by atoms with Gasteiger partial charge in [0.1, 0.15) is 6.04 Å². The topological polar surface area (TPSA) is 81.5 Å². The smallest absolute Gasteiger partial charge is 0.257 e. The maximum Gasteiger partial charge on any atom is 0.257 e. The Hall–Kier alpha value is -2.68. The molecule has 29 heavy (non-hydrogen) atoms. The third-order valence-corrected chi connectivity index (χ3v) is 7.30. The molecule has 1 saturated carbocycles. The van der Waals surface area contributed by atoms with Gasteiger partial charge in [-0.05, 0) is 48.4 Å². The highest BCUT2D eigenvalue weighted by Crippen LogP contribution is 2.69. The van der Waals surface area contributed by atoms with E-state index in [1.807, 2.05) is 19.9 Å². The molecule has 0 aromatic heterocycles. The van der Waals surface area contributed by atoms with Crippen molar-refractivity contribution in [2.75, 3.05) is 4.90 Å². The predicted molar refractivity (Wildman–Crippen MR) is 110 cm³/mol. The molecule has 0 bridgehead atoms. The van der Waals surface area contributed by atoms with E-state index in [0.29, 0.717) is 17.7 Å². The number of amides is 3. The number of nitriles is 1. The molecule has 6 heteroatoms. The molecule has 2 unspecified atom stereocenters. The molecule has 0 spiro atoms. The zero-order valence-corrected chi connectivity index (χ0v) is 18.0. The van der Waals surface area contributed by atoms with Crippen LogP contribution < -0.4 is 4.90 Å². The van der Waals surface area contributed by atoms with Crippen LogP contribution in [-0.2, 0) is 14.4 Å². The lowest BCUT2D eigenvalue weighted by Crippen LogP contribution is -2.51. The lowest BCUT2D eigenvalue weighted by Gasteiger charge is -2.33. The van der Waals surface area contributed by atoms with E-state index >= 15 is 0 Å². The fourth-order valence-electron chi connectivity index (χ4n) is 4.63. The Morgan fingerprint density at radius 3 is 2.21 bits per heavy atom. The number of hydrogen-bond acceptors (Lipinski definition) is 4. The monoisotopic (exact) mass is 395 g/mol. The highest BCUT2D eigenvalue weighted by molar-refractivity contribution is 6.23. The second kappa shape index (κ2) is 6.98. The second-order valence-electron chi connectivity index (χ2n) is 9.33. The Labute approximate surface area is 172 Å². The van der Waals surface area contributed by atoms with Crippen molar-refractivity contribution in [3.05, 3.63) is 29.8 Å². The quantitative estimate of drug-likeness (QED) is 0.715. The Bertz CT molecular complexity index is 881. The molecule has 2 fully saturated rings. The van der Waals surface area contributed by atoms with Crippen LogP contribution in [0.1, 0.15) is 59.9 Å². The summed E-state index contributed by atoms with van der Waals surface area (Å²) in [5.41, 5.74) is 0.604. The Kier molecular flexibility index (Phi) is 5.06. The number of imide groups is 1. The van der Waals surface area contributed by atoms with E-state index in [1.54, 1.807) is 29.2 Å². The summed E-state index contributed by atoms with van der Waals surface area (Å²) in [7, 11) is 0. The molecule has 1 aromatic rings. The highest BCUT2D eigenvalue weighted by Gasteiger charge is 2.69. The van der Waals surface area contributed by atoms with Crippen molar-refractivity contribution in [2.24, 2.45) is 16.7 Å². The van der Waals surface area contributed by atoms with Crippen LogP contribution in [0.2, 0.25) is 0 Å². The van der Waals surface area contributed by atoms with Gasteiger partial charge in [-0.2, -0.15) is 5.26 Å². The van der Waals surface area contributed by atoms with Crippen molar-refractivity contribution in [1.29, 1.82) is 5.26 Å². The predicted octanol–water partition coefficient (Wildman–Crippen LogP) is 3.50. The average Bonchev–Trinajstić information content (AvgIpc) is 2.90. The normalized spacial score (nSPS) is 23.6. The van der Waals surface area contributed by atoms with E-state index in [4.69, 9.17) is 5.26 Å². The van der Waals surface area contributed by atoms with Crippen LogP contribution in [0.25, 0.3) is 0 Å². The van der Waals surface area contributed by atoms with Gasteiger partial charge in [0, 0.05) is 12.0 Å². The van der Waals surface area contributed by atoms with Crippen LogP contribution >= 0.6 is 0 Å².